The first-order valence-corrected chi connectivity index (χ1v) is 6.88. The first kappa shape index (κ1) is 14.6. The van der Waals surface area contributed by atoms with Crippen molar-refractivity contribution in [3.05, 3.63) is 54.4 Å². The lowest BCUT2D eigenvalue weighted by Crippen LogP contribution is -2.28. The van der Waals surface area contributed by atoms with Crippen LogP contribution in [0.1, 0.15) is 11.3 Å². The number of para-hydroxylation sites is 1. The highest BCUT2D eigenvalue weighted by Gasteiger charge is 2.15. The highest BCUT2D eigenvalue weighted by Crippen LogP contribution is 2.21. The highest BCUT2D eigenvalue weighted by molar-refractivity contribution is 5.58. The van der Waals surface area contributed by atoms with E-state index in [-0.39, 0.29) is 6.54 Å². The summed E-state index contributed by atoms with van der Waals surface area (Å²) in [6.45, 7) is -0.00729. The van der Waals surface area contributed by atoms with Gasteiger partial charge in [0, 0.05) is 0 Å². The molecule has 0 aliphatic rings. The fourth-order valence-electron chi connectivity index (χ4n) is 2.16. The Morgan fingerprint density at radius 2 is 2.00 bits per heavy atom. The van der Waals surface area contributed by atoms with Crippen LogP contribution in [-0.2, 0) is 13.1 Å². The maximum Gasteiger partial charge on any atom is 0.139 e. The minimum atomic E-state index is -0.505. The molecule has 0 N–H and O–H groups in total. The minimum absolute atomic E-state index is 0.161. The quantitative estimate of drug-likeness (QED) is 0.679. The van der Waals surface area contributed by atoms with E-state index in [2.05, 4.69) is 26.6 Å². The predicted octanol–water partition coefficient (Wildman–Crippen LogP) is 1.18. The van der Waals surface area contributed by atoms with Crippen molar-refractivity contribution in [2.75, 3.05) is 11.7 Å². The average Bonchev–Trinajstić information content (AvgIpc) is 3.25. The van der Waals surface area contributed by atoms with E-state index in [9.17, 15) is 9.65 Å². The Labute approximate surface area is 131 Å². The van der Waals surface area contributed by atoms with Crippen LogP contribution in [0.3, 0.4) is 0 Å². The first-order valence-electron chi connectivity index (χ1n) is 6.88. The Kier molecular flexibility index (Phi) is 4.24. The van der Waals surface area contributed by atoms with Crippen molar-refractivity contribution in [3.8, 4) is 6.07 Å². The van der Waals surface area contributed by atoms with Gasteiger partial charge in [0.2, 0.25) is 0 Å². The number of benzene rings is 1. The molecule has 0 aliphatic heterocycles. The molecule has 0 fully saturated rings. The van der Waals surface area contributed by atoms with E-state index >= 15 is 0 Å². The van der Waals surface area contributed by atoms with Crippen LogP contribution < -0.4 is 5.01 Å². The van der Waals surface area contributed by atoms with Gasteiger partial charge in [-0.05, 0) is 12.1 Å². The summed E-state index contributed by atoms with van der Waals surface area (Å²) in [5.74, 6) is 0. The Balaban J connectivity index is 1.95. The molecule has 1 aromatic carbocycles. The van der Waals surface area contributed by atoms with Gasteiger partial charge in [0.1, 0.15) is 31.1 Å². The third-order valence-electron chi connectivity index (χ3n) is 3.20. The summed E-state index contributed by atoms with van der Waals surface area (Å²) in [6, 6.07) is 9.35. The molecule has 2 heterocycles. The lowest BCUT2D eigenvalue weighted by atomic mass is 10.2. The van der Waals surface area contributed by atoms with Gasteiger partial charge in [-0.15, -0.1) is 15.3 Å². The van der Waals surface area contributed by atoms with E-state index in [4.69, 9.17) is 0 Å². The third-order valence-corrected chi connectivity index (χ3v) is 3.20. The lowest BCUT2D eigenvalue weighted by molar-refractivity contribution is 0.422. The third kappa shape index (κ3) is 3.16. The molecule has 116 valence electrons. The van der Waals surface area contributed by atoms with Crippen LogP contribution in [0.15, 0.2) is 43.1 Å². The summed E-state index contributed by atoms with van der Waals surface area (Å²) < 4.78 is 15.5. The van der Waals surface area contributed by atoms with Crippen LogP contribution in [-0.4, -0.2) is 36.5 Å². The van der Waals surface area contributed by atoms with E-state index in [1.165, 1.54) is 17.3 Å². The molecular weight excluding hydrogens is 299 g/mol. The average molecular weight is 312 g/mol. The largest absolute Gasteiger partial charge is 0.271 e. The van der Waals surface area contributed by atoms with Crippen LogP contribution in [0.25, 0.3) is 0 Å². The van der Waals surface area contributed by atoms with Crippen molar-refractivity contribution in [2.45, 2.75) is 13.1 Å². The molecule has 0 spiro atoms. The molecule has 0 atom stereocenters. The first-order chi connectivity index (χ1) is 11.3. The molecule has 9 heteroatoms. The van der Waals surface area contributed by atoms with Crippen LogP contribution in [0, 0.1) is 11.3 Å². The Morgan fingerprint density at radius 3 is 2.74 bits per heavy atom. The fraction of sp³-hybridized carbons (Fsp3) is 0.214. The topological polar surface area (TPSA) is 88.5 Å². The predicted molar refractivity (Wildman–Crippen MR) is 78.8 cm³/mol. The molecule has 0 amide bonds. The molecule has 3 aromatic rings. The van der Waals surface area contributed by atoms with E-state index < -0.39 is 6.67 Å². The van der Waals surface area contributed by atoms with Gasteiger partial charge in [-0.1, -0.05) is 17.3 Å². The van der Waals surface area contributed by atoms with Crippen molar-refractivity contribution in [1.29, 1.82) is 5.26 Å². The van der Waals surface area contributed by atoms with Gasteiger partial charge in [-0.3, -0.25) is 5.01 Å². The monoisotopic (exact) mass is 312 g/mol. The highest BCUT2D eigenvalue weighted by atomic mass is 19.1. The minimum Gasteiger partial charge on any atom is -0.271 e. The van der Waals surface area contributed by atoms with E-state index in [0.29, 0.717) is 23.5 Å². The van der Waals surface area contributed by atoms with Gasteiger partial charge in [-0.2, -0.15) is 5.26 Å². The zero-order chi connectivity index (χ0) is 16.1. The number of aryl methyl sites for hydroxylation is 1. The molecule has 0 saturated carbocycles. The van der Waals surface area contributed by atoms with Crippen LogP contribution in [0.2, 0.25) is 0 Å². The maximum atomic E-state index is 12.4. The van der Waals surface area contributed by atoms with Gasteiger partial charge in [0.05, 0.1) is 30.5 Å². The second-order valence-electron chi connectivity index (χ2n) is 4.69. The lowest BCUT2D eigenvalue weighted by Gasteiger charge is -2.24. The Morgan fingerprint density at radius 1 is 1.22 bits per heavy atom. The number of alkyl halides is 1. The smallest absolute Gasteiger partial charge is 0.139 e. The molecule has 2 aromatic heterocycles. The van der Waals surface area contributed by atoms with Crippen molar-refractivity contribution in [3.63, 3.8) is 0 Å². The van der Waals surface area contributed by atoms with Crippen molar-refractivity contribution in [2.24, 2.45) is 0 Å². The fourth-order valence-corrected chi connectivity index (χ4v) is 2.16. The van der Waals surface area contributed by atoms with Crippen molar-refractivity contribution in [1.82, 2.24) is 29.9 Å². The molecule has 0 aliphatic carbocycles. The van der Waals surface area contributed by atoms with Crippen LogP contribution >= 0.6 is 0 Å². The molecule has 8 nitrogen and oxygen atoms in total. The van der Waals surface area contributed by atoms with Crippen LogP contribution in [0.4, 0.5) is 10.1 Å². The van der Waals surface area contributed by atoms with Gasteiger partial charge >= 0.3 is 0 Å². The molecular formula is C14H13FN8. The SMILES string of the molecule is N#Cc1ccccc1N(Cc1cn(CCF)nn1)n1cnnc1. The summed E-state index contributed by atoms with van der Waals surface area (Å²) in [4.78, 5) is 0. The number of rotatable bonds is 6. The summed E-state index contributed by atoms with van der Waals surface area (Å²) in [5, 5.41) is 26.6. The molecule has 3 rings (SSSR count). The molecule has 23 heavy (non-hydrogen) atoms. The number of aromatic nitrogens is 6. The van der Waals surface area contributed by atoms with Crippen molar-refractivity contribution >= 4 is 5.69 Å². The van der Waals surface area contributed by atoms with E-state index in [0.717, 1.165) is 0 Å². The summed E-state index contributed by atoms with van der Waals surface area (Å²) in [6.07, 6.45) is 4.73. The summed E-state index contributed by atoms with van der Waals surface area (Å²) in [5.41, 5.74) is 1.84. The van der Waals surface area contributed by atoms with Gasteiger partial charge in [0.25, 0.3) is 0 Å². The second-order valence-corrected chi connectivity index (χ2v) is 4.69. The molecule has 0 unspecified atom stereocenters. The zero-order valence-electron chi connectivity index (χ0n) is 12.1. The summed E-state index contributed by atoms with van der Waals surface area (Å²) >= 11 is 0. The number of anilines is 1. The van der Waals surface area contributed by atoms with Crippen LogP contribution in [0.5, 0.6) is 0 Å². The number of halogens is 1. The van der Waals surface area contributed by atoms with Gasteiger partial charge < -0.3 is 0 Å². The summed E-state index contributed by atoms with van der Waals surface area (Å²) in [7, 11) is 0. The van der Waals surface area contributed by atoms with E-state index in [1.807, 2.05) is 12.1 Å². The number of hydrogen-bond donors (Lipinski definition) is 0. The van der Waals surface area contributed by atoms with Gasteiger partial charge in [-0.25, -0.2) is 13.7 Å². The normalized spacial score (nSPS) is 10.4. The Hall–Kier alpha value is -3.28. The second kappa shape index (κ2) is 6.65. The number of nitriles is 1. The zero-order valence-corrected chi connectivity index (χ0v) is 12.1. The number of hydrogen-bond acceptors (Lipinski definition) is 6. The van der Waals surface area contributed by atoms with Gasteiger partial charge in [0.15, 0.2) is 0 Å². The Bertz CT molecular complexity index is 804. The number of nitrogens with zero attached hydrogens (tertiary/aromatic N) is 8. The molecule has 0 saturated heterocycles. The van der Waals surface area contributed by atoms with E-state index in [1.54, 1.807) is 28.0 Å². The molecule has 0 bridgehead atoms. The standard InChI is InChI=1S/C14H13FN8/c15-5-6-21-8-13(19-20-21)9-23(22-10-17-18-11-22)14-4-2-1-3-12(14)7-16/h1-4,8,10-11H,5-6,9H2. The molecule has 0 radical (unpaired) electrons. The van der Waals surface area contributed by atoms with Crippen molar-refractivity contribution < 1.29 is 4.39 Å². The maximum absolute atomic E-state index is 12.4.